The number of thiazole rings is 1. The zero-order chi connectivity index (χ0) is 19.3. The Balaban J connectivity index is 1.69. The van der Waals surface area contributed by atoms with Gasteiger partial charge in [0, 0.05) is 12.1 Å². The molecule has 5 heteroatoms. The number of aromatic nitrogens is 1. The van der Waals surface area contributed by atoms with Gasteiger partial charge in [-0.3, -0.25) is 9.69 Å². The first-order valence-electron chi connectivity index (χ1n) is 8.96. The second kappa shape index (κ2) is 8.03. The van der Waals surface area contributed by atoms with Crippen molar-refractivity contribution in [1.29, 1.82) is 5.26 Å². The van der Waals surface area contributed by atoms with E-state index in [1.54, 1.807) is 29.2 Å². The standard InChI is InChI=1S/C23H17N3OS/c24-16-18-9-6-10-19(15-18)22(27)26(14-13-17-7-2-1-3-8-17)23-25-20-11-4-5-12-21(20)28-23/h1-12,15H,13-14H2. The molecule has 1 heterocycles. The molecule has 0 atom stereocenters. The third-order valence-electron chi connectivity index (χ3n) is 4.46. The number of para-hydroxylation sites is 1. The molecule has 0 radical (unpaired) electrons. The van der Waals surface area contributed by atoms with Crippen LogP contribution >= 0.6 is 11.3 Å². The third-order valence-corrected chi connectivity index (χ3v) is 5.52. The number of anilines is 1. The summed E-state index contributed by atoms with van der Waals surface area (Å²) in [4.78, 5) is 19.7. The second-order valence-corrected chi connectivity index (χ2v) is 7.36. The minimum Gasteiger partial charge on any atom is -0.284 e. The molecule has 0 unspecified atom stereocenters. The van der Waals surface area contributed by atoms with E-state index < -0.39 is 0 Å². The van der Waals surface area contributed by atoms with E-state index in [9.17, 15) is 4.79 Å². The lowest BCUT2D eigenvalue weighted by atomic mass is 10.1. The molecule has 4 rings (SSSR count). The van der Waals surface area contributed by atoms with E-state index >= 15 is 0 Å². The fourth-order valence-corrected chi connectivity index (χ4v) is 4.01. The second-order valence-electron chi connectivity index (χ2n) is 6.35. The number of carbonyl (C=O) groups excluding carboxylic acids is 1. The quantitative estimate of drug-likeness (QED) is 0.484. The van der Waals surface area contributed by atoms with Gasteiger partial charge < -0.3 is 0 Å². The van der Waals surface area contributed by atoms with Crippen LogP contribution in [-0.4, -0.2) is 17.4 Å². The van der Waals surface area contributed by atoms with Crippen LogP contribution in [0.5, 0.6) is 0 Å². The van der Waals surface area contributed by atoms with Gasteiger partial charge in [-0.2, -0.15) is 5.26 Å². The van der Waals surface area contributed by atoms with Crippen LogP contribution in [0.4, 0.5) is 5.13 Å². The molecule has 0 bridgehead atoms. The highest BCUT2D eigenvalue weighted by atomic mass is 32.1. The monoisotopic (exact) mass is 383 g/mol. The topological polar surface area (TPSA) is 57.0 Å². The molecule has 0 N–H and O–H groups in total. The van der Waals surface area contributed by atoms with Crippen molar-refractivity contribution in [2.45, 2.75) is 6.42 Å². The SMILES string of the molecule is N#Cc1cccc(C(=O)N(CCc2ccccc2)c2nc3ccccc3s2)c1. The molecule has 0 fully saturated rings. The molecule has 1 amide bonds. The summed E-state index contributed by atoms with van der Waals surface area (Å²) in [7, 11) is 0. The van der Waals surface area contributed by atoms with Crippen LogP contribution in [0.1, 0.15) is 21.5 Å². The van der Waals surface area contributed by atoms with Gasteiger partial charge >= 0.3 is 0 Å². The molecular weight excluding hydrogens is 366 g/mol. The van der Waals surface area contributed by atoms with Gasteiger partial charge in [-0.15, -0.1) is 0 Å². The number of fused-ring (bicyclic) bond motifs is 1. The van der Waals surface area contributed by atoms with Gasteiger partial charge in [0.1, 0.15) is 0 Å². The van der Waals surface area contributed by atoms with Gasteiger partial charge in [-0.25, -0.2) is 4.98 Å². The Morgan fingerprint density at radius 2 is 1.79 bits per heavy atom. The van der Waals surface area contributed by atoms with E-state index in [1.807, 2.05) is 42.5 Å². The van der Waals surface area contributed by atoms with Crippen molar-refractivity contribution in [1.82, 2.24) is 4.98 Å². The van der Waals surface area contributed by atoms with Gasteiger partial charge in [-0.05, 0) is 42.3 Å². The van der Waals surface area contributed by atoms with Crippen molar-refractivity contribution >= 4 is 32.6 Å². The molecule has 0 saturated heterocycles. The summed E-state index contributed by atoms with van der Waals surface area (Å²) in [5, 5.41) is 9.83. The number of benzene rings is 3. The maximum absolute atomic E-state index is 13.3. The highest BCUT2D eigenvalue weighted by molar-refractivity contribution is 7.22. The van der Waals surface area contributed by atoms with E-state index in [0.717, 1.165) is 22.2 Å². The summed E-state index contributed by atoms with van der Waals surface area (Å²) in [5.41, 5.74) is 3.00. The molecule has 0 spiro atoms. The highest BCUT2D eigenvalue weighted by Crippen LogP contribution is 2.30. The van der Waals surface area contributed by atoms with Crippen LogP contribution in [0.25, 0.3) is 10.2 Å². The number of carbonyl (C=O) groups is 1. The van der Waals surface area contributed by atoms with Crippen molar-refractivity contribution in [3.8, 4) is 6.07 Å². The van der Waals surface area contributed by atoms with Crippen molar-refractivity contribution in [2.75, 3.05) is 11.4 Å². The summed E-state index contributed by atoms with van der Waals surface area (Å²) < 4.78 is 1.04. The summed E-state index contributed by atoms with van der Waals surface area (Å²) in [6.07, 6.45) is 0.723. The fourth-order valence-electron chi connectivity index (χ4n) is 3.02. The van der Waals surface area contributed by atoms with Crippen molar-refractivity contribution < 1.29 is 4.79 Å². The number of hydrogen-bond donors (Lipinski definition) is 0. The Morgan fingerprint density at radius 1 is 1.00 bits per heavy atom. The van der Waals surface area contributed by atoms with Crippen LogP contribution in [0.15, 0.2) is 78.9 Å². The zero-order valence-corrected chi connectivity index (χ0v) is 15.9. The van der Waals surface area contributed by atoms with Crippen LogP contribution in [-0.2, 0) is 6.42 Å². The smallest absolute Gasteiger partial charge is 0.260 e. The minimum atomic E-state index is -0.146. The molecule has 0 aliphatic rings. The lowest BCUT2D eigenvalue weighted by molar-refractivity contribution is 0.0987. The Bertz CT molecular complexity index is 1130. The number of amides is 1. The van der Waals surface area contributed by atoms with Crippen molar-refractivity contribution in [3.63, 3.8) is 0 Å². The van der Waals surface area contributed by atoms with E-state index in [1.165, 1.54) is 11.3 Å². The van der Waals surface area contributed by atoms with Gasteiger partial charge in [0.2, 0.25) is 0 Å². The number of hydrogen-bond acceptors (Lipinski definition) is 4. The third kappa shape index (κ3) is 3.78. The highest BCUT2D eigenvalue weighted by Gasteiger charge is 2.21. The summed E-state index contributed by atoms with van der Waals surface area (Å²) in [6, 6.07) is 26.8. The summed E-state index contributed by atoms with van der Waals surface area (Å²) in [6.45, 7) is 0.513. The van der Waals surface area contributed by atoms with Gasteiger partial charge in [-0.1, -0.05) is 59.9 Å². The van der Waals surface area contributed by atoms with Crippen LogP contribution < -0.4 is 4.90 Å². The van der Waals surface area contributed by atoms with Crippen molar-refractivity contribution in [2.24, 2.45) is 0 Å². The summed E-state index contributed by atoms with van der Waals surface area (Å²) in [5.74, 6) is -0.146. The van der Waals surface area contributed by atoms with Crippen LogP contribution in [0.2, 0.25) is 0 Å². The molecule has 4 aromatic rings. The average Bonchev–Trinajstić information content (AvgIpc) is 3.18. The molecule has 0 saturated carbocycles. The molecule has 1 aromatic heterocycles. The predicted molar refractivity (Wildman–Crippen MR) is 113 cm³/mol. The van der Waals surface area contributed by atoms with E-state index in [-0.39, 0.29) is 5.91 Å². The van der Waals surface area contributed by atoms with Gasteiger partial charge in [0.05, 0.1) is 21.8 Å². The lowest BCUT2D eigenvalue weighted by Crippen LogP contribution is -2.33. The van der Waals surface area contributed by atoms with Crippen molar-refractivity contribution in [3.05, 3.63) is 95.6 Å². The average molecular weight is 383 g/mol. The first-order chi connectivity index (χ1) is 13.7. The van der Waals surface area contributed by atoms with Crippen LogP contribution in [0.3, 0.4) is 0 Å². The maximum Gasteiger partial charge on any atom is 0.260 e. The largest absolute Gasteiger partial charge is 0.284 e. The lowest BCUT2D eigenvalue weighted by Gasteiger charge is -2.20. The fraction of sp³-hybridized carbons (Fsp3) is 0.0870. The Kier molecular flexibility index (Phi) is 5.14. The Hall–Kier alpha value is -3.49. The molecule has 3 aromatic carbocycles. The van der Waals surface area contributed by atoms with E-state index in [4.69, 9.17) is 5.26 Å². The predicted octanol–water partition coefficient (Wildman–Crippen LogP) is 5.06. The Morgan fingerprint density at radius 3 is 2.57 bits per heavy atom. The number of rotatable bonds is 5. The number of nitrogens with zero attached hydrogens (tertiary/aromatic N) is 3. The van der Waals surface area contributed by atoms with Gasteiger partial charge in [0.25, 0.3) is 5.91 Å². The molecule has 28 heavy (non-hydrogen) atoms. The van der Waals surface area contributed by atoms with E-state index in [2.05, 4.69) is 23.2 Å². The molecule has 136 valence electrons. The molecular formula is C23H17N3OS. The van der Waals surface area contributed by atoms with Gasteiger partial charge in [0.15, 0.2) is 5.13 Å². The number of nitriles is 1. The zero-order valence-electron chi connectivity index (χ0n) is 15.1. The molecule has 0 aliphatic heterocycles. The molecule has 0 aliphatic carbocycles. The van der Waals surface area contributed by atoms with Crippen LogP contribution in [0, 0.1) is 11.3 Å². The normalized spacial score (nSPS) is 10.5. The molecule has 4 nitrogen and oxygen atoms in total. The summed E-state index contributed by atoms with van der Waals surface area (Å²) >= 11 is 1.50. The Labute approximate surface area is 167 Å². The first kappa shape index (κ1) is 17.9. The maximum atomic E-state index is 13.3. The first-order valence-corrected chi connectivity index (χ1v) is 9.78. The van der Waals surface area contributed by atoms with E-state index in [0.29, 0.717) is 22.8 Å². The minimum absolute atomic E-state index is 0.146.